The maximum Gasteiger partial charge on any atom is 0.0416 e. The number of nitrogens with one attached hydrogen (secondary N) is 1. The van der Waals surface area contributed by atoms with Crippen LogP contribution in [0.5, 0.6) is 0 Å². The van der Waals surface area contributed by atoms with Gasteiger partial charge in [-0.15, -0.1) is 0 Å². The van der Waals surface area contributed by atoms with Crippen LogP contribution in [0.2, 0.25) is 0 Å². The van der Waals surface area contributed by atoms with E-state index in [4.69, 9.17) is 0 Å². The Morgan fingerprint density at radius 1 is 1.06 bits per heavy atom. The van der Waals surface area contributed by atoms with Gasteiger partial charge in [-0.2, -0.15) is 0 Å². The Bertz CT molecular complexity index is 528. The van der Waals surface area contributed by atoms with Crippen molar-refractivity contribution in [3.8, 4) is 0 Å². The van der Waals surface area contributed by atoms with Gasteiger partial charge in [0.05, 0.1) is 0 Å². The zero-order valence-electron chi connectivity index (χ0n) is 10.4. The van der Waals surface area contributed by atoms with Gasteiger partial charge in [0, 0.05) is 12.2 Å². The summed E-state index contributed by atoms with van der Waals surface area (Å²) >= 11 is 3.47. The molecule has 0 aromatic heterocycles. The number of allylic oxidation sites excluding steroid dienone is 1. The maximum absolute atomic E-state index is 3.47. The Labute approximate surface area is 117 Å². The number of anilines is 1. The highest BCUT2D eigenvalue weighted by Crippen LogP contribution is 2.20. The van der Waals surface area contributed by atoms with Gasteiger partial charge < -0.3 is 5.32 Å². The molecule has 2 rings (SSSR count). The van der Waals surface area contributed by atoms with E-state index >= 15 is 0 Å². The molecule has 0 radical (unpaired) electrons. The van der Waals surface area contributed by atoms with Crippen LogP contribution < -0.4 is 5.32 Å². The molecule has 0 unspecified atom stereocenters. The summed E-state index contributed by atoms with van der Waals surface area (Å²) in [6, 6.07) is 18.7. The Kier molecular flexibility index (Phi) is 4.59. The Hall–Kier alpha value is -1.54. The molecular formula is C16H16BrN. The third kappa shape index (κ3) is 3.74. The lowest BCUT2D eigenvalue weighted by Gasteiger charge is -2.10. The van der Waals surface area contributed by atoms with Crippen LogP contribution in [0, 0.1) is 0 Å². The summed E-state index contributed by atoms with van der Waals surface area (Å²) in [7, 11) is 0. The highest BCUT2D eigenvalue weighted by Gasteiger charge is 1.99. The van der Waals surface area contributed by atoms with Crippen molar-refractivity contribution >= 4 is 27.7 Å². The molecule has 18 heavy (non-hydrogen) atoms. The average molecular weight is 302 g/mol. The quantitative estimate of drug-likeness (QED) is 0.833. The van der Waals surface area contributed by atoms with Gasteiger partial charge in [-0.25, -0.2) is 0 Å². The van der Waals surface area contributed by atoms with E-state index < -0.39 is 0 Å². The molecule has 2 aromatic carbocycles. The second-order valence-electron chi connectivity index (χ2n) is 4.16. The third-order valence-electron chi connectivity index (χ3n) is 2.64. The van der Waals surface area contributed by atoms with E-state index in [9.17, 15) is 0 Å². The third-order valence-corrected chi connectivity index (χ3v) is 2.87. The topological polar surface area (TPSA) is 12.0 Å². The van der Waals surface area contributed by atoms with E-state index in [0.29, 0.717) is 0 Å². The molecule has 0 amide bonds. The van der Waals surface area contributed by atoms with E-state index in [-0.39, 0.29) is 0 Å². The van der Waals surface area contributed by atoms with E-state index in [1.165, 1.54) is 11.1 Å². The minimum atomic E-state index is 0.840. The summed E-state index contributed by atoms with van der Waals surface area (Å²) in [4.78, 5) is 0. The summed E-state index contributed by atoms with van der Waals surface area (Å²) in [6.45, 7) is 2.88. The van der Waals surface area contributed by atoms with Crippen LogP contribution in [0.15, 0.2) is 59.1 Å². The maximum atomic E-state index is 3.47. The van der Waals surface area contributed by atoms with Crippen LogP contribution in [0.3, 0.4) is 0 Å². The zero-order chi connectivity index (χ0) is 12.8. The summed E-state index contributed by atoms with van der Waals surface area (Å²) in [6.07, 6.45) is 2.12. The molecule has 0 atom stereocenters. The van der Waals surface area contributed by atoms with Gasteiger partial charge in [0.25, 0.3) is 0 Å². The zero-order valence-corrected chi connectivity index (χ0v) is 11.9. The largest absolute Gasteiger partial charge is 0.380 e. The van der Waals surface area contributed by atoms with E-state index in [1.807, 2.05) is 19.1 Å². The first-order valence-electron chi connectivity index (χ1n) is 5.96. The van der Waals surface area contributed by atoms with Crippen LogP contribution >= 0.6 is 15.9 Å². The van der Waals surface area contributed by atoms with Crippen molar-refractivity contribution < 1.29 is 0 Å². The van der Waals surface area contributed by atoms with Crippen molar-refractivity contribution in [2.75, 3.05) is 5.32 Å². The van der Waals surface area contributed by atoms with E-state index in [1.54, 1.807) is 0 Å². The molecule has 1 nitrogen and oxygen atoms in total. The fourth-order valence-corrected chi connectivity index (χ4v) is 2.04. The Balaban J connectivity index is 2.12. The first-order valence-corrected chi connectivity index (χ1v) is 6.75. The lowest BCUT2D eigenvalue weighted by Crippen LogP contribution is -2.00. The van der Waals surface area contributed by atoms with Crippen molar-refractivity contribution in [1.29, 1.82) is 0 Å². The molecule has 0 fully saturated rings. The summed E-state index contributed by atoms with van der Waals surface area (Å²) in [5.74, 6) is 0. The second-order valence-corrected chi connectivity index (χ2v) is 5.41. The van der Waals surface area contributed by atoms with Gasteiger partial charge >= 0.3 is 0 Å². The van der Waals surface area contributed by atoms with Crippen LogP contribution in [0.1, 0.15) is 18.1 Å². The highest BCUT2D eigenvalue weighted by molar-refractivity contribution is 9.11. The highest BCUT2D eigenvalue weighted by atomic mass is 79.9. The van der Waals surface area contributed by atoms with Gasteiger partial charge in [-0.3, -0.25) is 0 Å². The van der Waals surface area contributed by atoms with E-state index in [0.717, 1.165) is 16.7 Å². The minimum absolute atomic E-state index is 0.840. The molecule has 0 saturated carbocycles. The number of rotatable bonds is 4. The van der Waals surface area contributed by atoms with Crippen LogP contribution in [0.25, 0.3) is 6.08 Å². The van der Waals surface area contributed by atoms with Crippen molar-refractivity contribution in [1.82, 2.24) is 0 Å². The van der Waals surface area contributed by atoms with Crippen molar-refractivity contribution in [3.63, 3.8) is 0 Å². The molecule has 0 bridgehead atoms. The second kappa shape index (κ2) is 6.41. The lowest BCUT2D eigenvalue weighted by molar-refractivity contribution is 1.15. The molecule has 0 aliphatic heterocycles. The fourth-order valence-electron chi connectivity index (χ4n) is 1.79. The van der Waals surface area contributed by atoms with Crippen LogP contribution in [-0.4, -0.2) is 0 Å². The molecule has 0 spiro atoms. The van der Waals surface area contributed by atoms with Crippen molar-refractivity contribution in [3.05, 3.63) is 70.2 Å². The monoisotopic (exact) mass is 301 g/mol. The number of hydrogen-bond acceptors (Lipinski definition) is 1. The normalized spacial score (nSPS) is 11.3. The molecule has 0 heterocycles. The average Bonchev–Trinajstić information content (AvgIpc) is 2.38. The van der Waals surface area contributed by atoms with Gasteiger partial charge in [0.1, 0.15) is 0 Å². The molecule has 92 valence electrons. The number of halogens is 1. The summed E-state index contributed by atoms with van der Waals surface area (Å²) in [5, 5.41) is 3.47. The van der Waals surface area contributed by atoms with Crippen LogP contribution in [-0.2, 0) is 6.54 Å². The molecule has 1 N–H and O–H groups in total. The first-order chi connectivity index (χ1) is 8.75. The summed E-state index contributed by atoms with van der Waals surface area (Å²) < 4.78 is 1.12. The summed E-state index contributed by atoms with van der Waals surface area (Å²) in [5.41, 5.74) is 3.63. The van der Waals surface area contributed by atoms with Crippen LogP contribution in [0.4, 0.5) is 5.69 Å². The lowest BCUT2D eigenvalue weighted by atomic mass is 10.1. The Morgan fingerprint density at radius 3 is 2.44 bits per heavy atom. The number of hydrogen-bond donors (Lipinski definition) is 1. The standard InChI is InChI=1S/C16H16BrN/c1-13(17)11-15-9-5-6-10-16(15)18-12-14-7-3-2-4-8-14/h2-11,18H,12H2,1H3/b13-11-. The SMILES string of the molecule is C/C(Br)=C/c1ccccc1NCc1ccccc1. The van der Waals surface area contributed by atoms with Gasteiger partial charge in [-0.05, 0) is 34.7 Å². The van der Waals surface area contributed by atoms with Gasteiger partial charge in [0.2, 0.25) is 0 Å². The van der Waals surface area contributed by atoms with Crippen molar-refractivity contribution in [2.45, 2.75) is 13.5 Å². The molecular weight excluding hydrogens is 286 g/mol. The smallest absolute Gasteiger partial charge is 0.0416 e. The molecule has 0 aliphatic carbocycles. The number of para-hydroxylation sites is 1. The van der Waals surface area contributed by atoms with E-state index in [2.05, 4.69) is 69.8 Å². The fraction of sp³-hybridized carbons (Fsp3) is 0.125. The Morgan fingerprint density at radius 2 is 1.72 bits per heavy atom. The van der Waals surface area contributed by atoms with Gasteiger partial charge in [0.15, 0.2) is 0 Å². The predicted octanol–water partition coefficient (Wildman–Crippen LogP) is 5.05. The molecule has 0 saturated heterocycles. The molecule has 2 heteroatoms. The molecule has 0 aliphatic rings. The first kappa shape index (κ1) is 12.9. The molecule has 2 aromatic rings. The number of benzene rings is 2. The minimum Gasteiger partial charge on any atom is -0.380 e. The van der Waals surface area contributed by atoms with Gasteiger partial charge in [-0.1, -0.05) is 64.5 Å². The van der Waals surface area contributed by atoms with Crippen molar-refractivity contribution in [2.24, 2.45) is 0 Å². The predicted molar refractivity (Wildman–Crippen MR) is 82.8 cm³/mol.